The van der Waals surface area contributed by atoms with Crippen LogP contribution in [0.15, 0.2) is 82.9 Å². The molecule has 3 aromatic rings. The van der Waals surface area contributed by atoms with E-state index in [1.165, 1.54) is 0 Å². The SMILES string of the molecule is C/C(=N/Nc1ccccn1)c1ccc(S(=O)(=O)NCc2ccccc2Cl)cc1. The molecule has 144 valence electrons. The smallest absolute Gasteiger partial charge is 0.240 e. The van der Waals surface area contributed by atoms with Gasteiger partial charge in [-0.25, -0.2) is 18.1 Å². The molecule has 0 unspecified atom stereocenters. The number of rotatable bonds is 7. The van der Waals surface area contributed by atoms with Crippen molar-refractivity contribution in [3.05, 3.63) is 89.1 Å². The van der Waals surface area contributed by atoms with Crippen LogP contribution in [-0.2, 0) is 16.6 Å². The Morgan fingerprint density at radius 3 is 2.43 bits per heavy atom. The summed E-state index contributed by atoms with van der Waals surface area (Å²) >= 11 is 6.07. The van der Waals surface area contributed by atoms with Crippen LogP contribution in [0.3, 0.4) is 0 Å². The summed E-state index contributed by atoms with van der Waals surface area (Å²) in [6.45, 7) is 1.95. The summed E-state index contributed by atoms with van der Waals surface area (Å²) in [5, 5.41) is 4.79. The molecule has 0 bridgehead atoms. The second kappa shape index (κ2) is 8.97. The van der Waals surface area contributed by atoms with Crippen molar-refractivity contribution in [3.63, 3.8) is 0 Å². The monoisotopic (exact) mass is 414 g/mol. The number of benzene rings is 2. The summed E-state index contributed by atoms with van der Waals surface area (Å²) in [5.74, 6) is 0.629. The number of hydrogen-bond acceptors (Lipinski definition) is 5. The van der Waals surface area contributed by atoms with Gasteiger partial charge in [0.05, 0.1) is 10.6 Å². The lowest BCUT2D eigenvalue weighted by Gasteiger charge is -2.09. The number of anilines is 1. The molecule has 0 aliphatic rings. The van der Waals surface area contributed by atoms with Gasteiger partial charge in [0, 0.05) is 17.8 Å². The molecule has 0 fully saturated rings. The highest BCUT2D eigenvalue weighted by Crippen LogP contribution is 2.17. The van der Waals surface area contributed by atoms with Crippen molar-refractivity contribution in [1.29, 1.82) is 0 Å². The minimum atomic E-state index is -3.65. The largest absolute Gasteiger partial charge is 0.261 e. The molecule has 28 heavy (non-hydrogen) atoms. The second-order valence-electron chi connectivity index (χ2n) is 5.96. The average molecular weight is 415 g/mol. The van der Waals surface area contributed by atoms with Gasteiger partial charge in [0.1, 0.15) is 5.82 Å². The fraction of sp³-hybridized carbons (Fsp3) is 0.100. The van der Waals surface area contributed by atoms with E-state index in [0.29, 0.717) is 22.1 Å². The van der Waals surface area contributed by atoms with E-state index < -0.39 is 10.0 Å². The molecule has 0 spiro atoms. The Labute approximate surface area is 169 Å². The van der Waals surface area contributed by atoms with Crippen molar-refractivity contribution >= 4 is 33.2 Å². The van der Waals surface area contributed by atoms with Crippen LogP contribution >= 0.6 is 11.6 Å². The van der Waals surface area contributed by atoms with E-state index in [-0.39, 0.29) is 11.4 Å². The molecule has 2 N–H and O–H groups in total. The molecule has 1 aromatic heterocycles. The Balaban J connectivity index is 1.68. The third kappa shape index (κ3) is 5.16. The van der Waals surface area contributed by atoms with Crippen LogP contribution < -0.4 is 10.1 Å². The molecule has 0 saturated heterocycles. The molecule has 0 atom stereocenters. The summed E-state index contributed by atoms with van der Waals surface area (Å²) in [4.78, 5) is 4.30. The maximum absolute atomic E-state index is 12.5. The Morgan fingerprint density at radius 1 is 1.04 bits per heavy atom. The van der Waals surface area contributed by atoms with Gasteiger partial charge in [-0.1, -0.05) is 48.0 Å². The first-order valence-electron chi connectivity index (χ1n) is 8.50. The van der Waals surface area contributed by atoms with Crippen molar-refractivity contribution < 1.29 is 8.42 Å². The highest BCUT2D eigenvalue weighted by molar-refractivity contribution is 7.89. The van der Waals surface area contributed by atoms with Crippen molar-refractivity contribution in [2.24, 2.45) is 5.10 Å². The third-order valence-corrected chi connectivity index (χ3v) is 5.78. The van der Waals surface area contributed by atoms with Gasteiger partial charge in [-0.15, -0.1) is 0 Å². The molecule has 0 radical (unpaired) electrons. The predicted octanol–water partition coefficient (Wildman–Crippen LogP) is 4.05. The summed E-state index contributed by atoms with van der Waals surface area (Å²) in [7, 11) is -3.65. The lowest BCUT2D eigenvalue weighted by atomic mass is 10.1. The zero-order valence-corrected chi connectivity index (χ0v) is 16.7. The number of sulfonamides is 1. The van der Waals surface area contributed by atoms with E-state index >= 15 is 0 Å². The van der Waals surface area contributed by atoms with Crippen LogP contribution in [0.2, 0.25) is 5.02 Å². The number of nitrogens with one attached hydrogen (secondary N) is 2. The number of halogens is 1. The van der Waals surface area contributed by atoms with Crippen LogP contribution in [0.1, 0.15) is 18.1 Å². The van der Waals surface area contributed by atoms with Crippen LogP contribution in [0.5, 0.6) is 0 Å². The summed E-state index contributed by atoms with van der Waals surface area (Å²) < 4.78 is 27.6. The van der Waals surface area contributed by atoms with Gasteiger partial charge in [0.15, 0.2) is 0 Å². The van der Waals surface area contributed by atoms with E-state index in [9.17, 15) is 8.42 Å². The highest BCUT2D eigenvalue weighted by Gasteiger charge is 2.14. The van der Waals surface area contributed by atoms with Gasteiger partial charge in [-0.3, -0.25) is 5.43 Å². The predicted molar refractivity (Wildman–Crippen MR) is 112 cm³/mol. The lowest BCUT2D eigenvalue weighted by Crippen LogP contribution is -2.23. The van der Waals surface area contributed by atoms with E-state index in [1.807, 2.05) is 25.1 Å². The molecular weight excluding hydrogens is 396 g/mol. The third-order valence-electron chi connectivity index (χ3n) is 4.00. The molecule has 0 amide bonds. The molecule has 8 heteroatoms. The van der Waals surface area contributed by atoms with Crippen LogP contribution in [0.25, 0.3) is 0 Å². The normalized spacial score (nSPS) is 12.0. The van der Waals surface area contributed by atoms with Crippen molar-refractivity contribution in [2.75, 3.05) is 5.43 Å². The molecule has 0 aliphatic carbocycles. The summed E-state index contributed by atoms with van der Waals surface area (Å²) in [6.07, 6.45) is 1.67. The maximum Gasteiger partial charge on any atom is 0.240 e. The first kappa shape index (κ1) is 20.0. The van der Waals surface area contributed by atoms with Crippen molar-refractivity contribution in [3.8, 4) is 0 Å². The van der Waals surface area contributed by atoms with Gasteiger partial charge in [-0.05, 0) is 48.4 Å². The summed E-state index contributed by atoms with van der Waals surface area (Å²) in [6, 6.07) is 19.1. The first-order valence-corrected chi connectivity index (χ1v) is 10.4. The minimum absolute atomic E-state index is 0.123. The molecule has 0 aliphatic heterocycles. The van der Waals surface area contributed by atoms with Gasteiger partial charge in [0.25, 0.3) is 0 Å². The number of aromatic nitrogens is 1. The Morgan fingerprint density at radius 2 is 1.75 bits per heavy atom. The van der Waals surface area contributed by atoms with Gasteiger partial charge in [-0.2, -0.15) is 5.10 Å². The first-order chi connectivity index (χ1) is 13.5. The standard InChI is InChI=1S/C20H19ClN4O2S/c1-15(24-25-20-8-4-5-13-22-20)16-9-11-18(12-10-16)28(26,27)23-14-17-6-2-3-7-19(17)21/h2-13,23H,14H2,1H3,(H,22,25)/b24-15-. The molecular formula is C20H19ClN4O2S. The number of pyridine rings is 1. The van der Waals surface area contributed by atoms with E-state index in [4.69, 9.17) is 11.6 Å². The average Bonchev–Trinajstić information content (AvgIpc) is 2.72. The Kier molecular flexibility index (Phi) is 6.41. The molecule has 3 rings (SSSR count). The van der Waals surface area contributed by atoms with Gasteiger partial charge in [0.2, 0.25) is 10.0 Å². The van der Waals surface area contributed by atoms with Crippen LogP contribution in [-0.4, -0.2) is 19.1 Å². The van der Waals surface area contributed by atoms with E-state index in [0.717, 1.165) is 5.56 Å². The van der Waals surface area contributed by atoms with Crippen LogP contribution in [0, 0.1) is 0 Å². The van der Waals surface area contributed by atoms with E-state index in [2.05, 4.69) is 20.2 Å². The number of hydrazone groups is 1. The van der Waals surface area contributed by atoms with Crippen molar-refractivity contribution in [2.45, 2.75) is 18.4 Å². The van der Waals surface area contributed by atoms with Gasteiger partial charge < -0.3 is 0 Å². The Bertz CT molecular complexity index is 1070. The molecule has 6 nitrogen and oxygen atoms in total. The lowest BCUT2D eigenvalue weighted by molar-refractivity contribution is 0.581. The fourth-order valence-electron chi connectivity index (χ4n) is 2.41. The van der Waals surface area contributed by atoms with Crippen LogP contribution in [0.4, 0.5) is 5.82 Å². The van der Waals surface area contributed by atoms with Gasteiger partial charge >= 0.3 is 0 Å². The Hall–Kier alpha value is -2.74. The topological polar surface area (TPSA) is 83.5 Å². The van der Waals surface area contributed by atoms with E-state index in [1.54, 1.807) is 54.7 Å². The molecule has 1 heterocycles. The number of hydrogen-bond donors (Lipinski definition) is 2. The number of nitrogens with zero attached hydrogens (tertiary/aromatic N) is 2. The quantitative estimate of drug-likeness (QED) is 0.451. The minimum Gasteiger partial charge on any atom is -0.261 e. The fourth-order valence-corrected chi connectivity index (χ4v) is 3.62. The highest BCUT2D eigenvalue weighted by atomic mass is 35.5. The zero-order valence-electron chi connectivity index (χ0n) is 15.1. The molecule has 0 saturated carbocycles. The second-order valence-corrected chi connectivity index (χ2v) is 8.14. The zero-order chi connectivity index (χ0) is 20.0. The molecule has 2 aromatic carbocycles. The maximum atomic E-state index is 12.5. The van der Waals surface area contributed by atoms with Crippen molar-refractivity contribution in [1.82, 2.24) is 9.71 Å². The summed E-state index contributed by atoms with van der Waals surface area (Å²) in [5.41, 5.74) is 5.09.